The summed E-state index contributed by atoms with van der Waals surface area (Å²) in [5.74, 6) is 0. The molecule has 0 amide bonds. The van der Waals surface area contributed by atoms with Crippen molar-refractivity contribution in [3.8, 4) is 0 Å². The Kier molecular flexibility index (Phi) is 8.11. The molecule has 0 saturated carbocycles. The van der Waals surface area contributed by atoms with Gasteiger partial charge in [-0.1, -0.05) is 67.2 Å². The second-order valence-electron chi connectivity index (χ2n) is 6.29. The van der Waals surface area contributed by atoms with E-state index in [1.165, 1.54) is 51.6 Å². The molecule has 0 heterocycles. The zero-order valence-electron chi connectivity index (χ0n) is 13.2. The molecule has 1 nitrogen and oxygen atoms in total. The lowest BCUT2D eigenvalue weighted by Gasteiger charge is -2.28. The first kappa shape index (κ1) is 17.0. The van der Waals surface area contributed by atoms with Gasteiger partial charge in [0.15, 0.2) is 0 Å². The molecule has 0 unspecified atom stereocenters. The minimum Gasteiger partial charge on any atom is -0.317 e. The SMILES string of the molecule is CCC(C)(CC)CCNCCC(C)(CC)CC. The standard InChI is InChI=1S/C16H35N/c1-7-15(5,8-2)11-13-17-14-12-16(6,9-3)10-4/h17H,7-14H2,1-6H3. The molecule has 0 aliphatic heterocycles. The first-order chi connectivity index (χ1) is 7.95. The van der Waals surface area contributed by atoms with E-state index >= 15 is 0 Å². The Morgan fingerprint density at radius 2 is 0.941 bits per heavy atom. The van der Waals surface area contributed by atoms with E-state index in [1.807, 2.05) is 0 Å². The molecule has 0 aromatic heterocycles. The molecule has 0 fully saturated rings. The topological polar surface area (TPSA) is 12.0 Å². The fourth-order valence-electron chi connectivity index (χ4n) is 2.11. The van der Waals surface area contributed by atoms with Gasteiger partial charge in [0, 0.05) is 0 Å². The normalized spacial score (nSPS) is 13.1. The van der Waals surface area contributed by atoms with Crippen LogP contribution in [-0.4, -0.2) is 13.1 Å². The van der Waals surface area contributed by atoms with Crippen LogP contribution in [0.1, 0.15) is 80.1 Å². The highest BCUT2D eigenvalue weighted by molar-refractivity contribution is 4.74. The van der Waals surface area contributed by atoms with Gasteiger partial charge < -0.3 is 5.32 Å². The predicted molar refractivity (Wildman–Crippen MR) is 79.5 cm³/mol. The molecule has 0 aromatic rings. The molecule has 104 valence electrons. The van der Waals surface area contributed by atoms with Crippen LogP contribution in [-0.2, 0) is 0 Å². The highest BCUT2D eigenvalue weighted by Crippen LogP contribution is 2.30. The lowest BCUT2D eigenvalue weighted by atomic mass is 9.81. The van der Waals surface area contributed by atoms with Gasteiger partial charge in [0.2, 0.25) is 0 Å². The van der Waals surface area contributed by atoms with Gasteiger partial charge in [-0.2, -0.15) is 0 Å². The summed E-state index contributed by atoms with van der Waals surface area (Å²) in [5, 5.41) is 3.63. The Hall–Kier alpha value is -0.0400. The van der Waals surface area contributed by atoms with Crippen molar-refractivity contribution in [2.45, 2.75) is 80.1 Å². The number of hydrogen-bond acceptors (Lipinski definition) is 1. The molecule has 1 heteroatoms. The van der Waals surface area contributed by atoms with Gasteiger partial charge in [0.25, 0.3) is 0 Å². The third-order valence-electron chi connectivity index (χ3n) is 5.22. The quantitative estimate of drug-likeness (QED) is 0.530. The largest absolute Gasteiger partial charge is 0.317 e. The predicted octanol–water partition coefficient (Wildman–Crippen LogP) is 5.01. The van der Waals surface area contributed by atoms with Gasteiger partial charge in [-0.15, -0.1) is 0 Å². The van der Waals surface area contributed by atoms with Gasteiger partial charge in [0.05, 0.1) is 0 Å². The molecule has 0 spiro atoms. The Labute approximate surface area is 110 Å². The zero-order valence-corrected chi connectivity index (χ0v) is 13.2. The monoisotopic (exact) mass is 241 g/mol. The summed E-state index contributed by atoms with van der Waals surface area (Å²) >= 11 is 0. The molecule has 0 saturated heterocycles. The van der Waals surface area contributed by atoms with Crippen molar-refractivity contribution in [2.75, 3.05) is 13.1 Å². The van der Waals surface area contributed by atoms with Crippen molar-refractivity contribution in [1.29, 1.82) is 0 Å². The highest BCUT2D eigenvalue weighted by Gasteiger charge is 2.20. The second kappa shape index (κ2) is 8.13. The summed E-state index contributed by atoms with van der Waals surface area (Å²) < 4.78 is 0. The Morgan fingerprint density at radius 3 is 1.18 bits per heavy atom. The van der Waals surface area contributed by atoms with Crippen LogP contribution in [0.4, 0.5) is 0 Å². The summed E-state index contributed by atoms with van der Waals surface area (Å²) in [4.78, 5) is 0. The van der Waals surface area contributed by atoms with Crippen LogP contribution in [0, 0.1) is 10.8 Å². The number of hydrogen-bond donors (Lipinski definition) is 1. The average Bonchev–Trinajstić information content (AvgIpc) is 2.37. The van der Waals surface area contributed by atoms with Gasteiger partial charge in [-0.25, -0.2) is 0 Å². The lowest BCUT2D eigenvalue weighted by molar-refractivity contribution is 0.250. The molecule has 0 radical (unpaired) electrons. The molecule has 1 N–H and O–H groups in total. The van der Waals surface area contributed by atoms with Gasteiger partial charge in [-0.05, 0) is 36.8 Å². The minimum atomic E-state index is 0.547. The molecular formula is C16H35N. The minimum absolute atomic E-state index is 0.547. The number of rotatable bonds is 10. The number of nitrogens with one attached hydrogen (secondary N) is 1. The maximum absolute atomic E-state index is 3.63. The Morgan fingerprint density at radius 1 is 0.647 bits per heavy atom. The molecule has 0 atom stereocenters. The maximum atomic E-state index is 3.63. The van der Waals surface area contributed by atoms with Gasteiger partial charge >= 0.3 is 0 Å². The molecule has 0 aliphatic carbocycles. The summed E-state index contributed by atoms with van der Waals surface area (Å²) in [6, 6.07) is 0. The third-order valence-corrected chi connectivity index (χ3v) is 5.22. The van der Waals surface area contributed by atoms with Crippen LogP contribution in [0.2, 0.25) is 0 Å². The van der Waals surface area contributed by atoms with Gasteiger partial charge in [-0.3, -0.25) is 0 Å². The fourth-order valence-corrected chi connectivity index (χ4v) is 2.11. The van der Waals surface area contributed by atoms with Gasteiger partial charge in [0.1, 0.15) is 0 Å². The molecule has 17 heavy (non-hydrogen) atoms. The van der Waals surface area contributed by atoms with E-state index in [2.05, 4.69) is 46.9 Å². The van der Waals surface area contributed by atoms with Crippen LogP contribution >= 0.6 is 0 Å². The smallest absolute Gasteiger partial charge is 0.00437 e. The maximum Gasteiger partial charge on any atom is -0.00437 e. The average molecular weight is 241 g/mol. The van der Waals surface area contributed by atoms with Crippen LogP contribution < -0.4 is 5.32 Å². The Bertz CT molecular complexity index is 158. The molecule has 0 aliphatic rings. The van der Waals surface area contributed by atoms with Crippen LogP contribution in [0.5, 0.6) is 0 Å². The Balaban J connectivity index is 3.72. The van der Waals surface area contributed by atoms with E-state index in [0.29, 0.717) is 10.8 Å². The molecular weight excluding hydrogens is 206 g/mol. The van der Waals surface area contributed by atoms with E-state index in [4.69, 9.17) is 0 Å². The zero-order chi connectivity index (χ0) is 13.4. The summed E-state index contributed by atoms with van der Waals surface area (Å²) in [5.41, 5.74) is 1.09. The van der Waals surface area contributed by atoms with Crippen molar-refractivity contribution in [3.05, 3.63) is 0 Å². The van der Waals surface area contributed by atoms with Crippen molar-refractivity contribution < 1.29 is 0 Å². The van der Waals surface area contributed by atoms with Crippen molar-refractivity contribution in [1.82, 2.24) is 5.32 Å². The van der Waals surface area contributed by atoms with Crippen molar-refractivity contribution in [3.63, 3.8) is 0 Å². The van der Waals surface area contributed by atoms with Crippen LogP contribution in [0.15, 0.2) is 0 Å². The van der Waals surface area contributed by atoms with E-state index in [0.717, 1.165) is 0 Å². The second-order valence-corrected chi connectivity index (χ2v) is 6.29. The van der Waals surface area contributed by atoms with Crippen molar-refractivity contribution >= 4 is 0 Å². The van der Waals surface area contributed by atoms with E-state index in [-0.39, 0.29) is 0 Å². The summed E-state index contributed by atoms with van der Waals surface area (Å²) in [6.45, 7) is 16.4. The fraction of sp³-hybridized carbons (Fsp3) is 1.00. The highest BCUT2D eigenvalue weighted by atomic mass is 14.8. The van der Waals surface area contributed by atoms with E-state index in [1.54, 1.807) is 0 Å². The lowest BCUT2D eigenvalue weighted by Crippen LogP contribution is -2.27. The molecule has 0 aromatic carbocycles. The van der Waals surface area contributed by atoms with Crippen molar-refractivity contribution in [2.24, 2.45) is 10.8 Å². The first-order valence-electron chi connectivity index (χ1n) is 7.66. The van der Waals surface area contributed by atoms with Crippen LogP contribution in [0.25, 0.3) is 0 Å². The summed E-state index contributed by atoms with van der Waals surface area (Å²) in [6.07, 6.45) is 7.82. The van der Waals surface area contributed by atoms with Crippen LogP contribution in [0.3, 0.4) is 0 Å². The molecule has 0 bridgehead atoms. The first-order valence-corrected chi connectivity index (χ1v) is 7.66. The van der Waals surface area contributed by atoms with E-state index in [9.17, 15) is 0 Å². The summed E-state index contributed by atoms with van der Waals surface area (Å²) in [7, 11) is 0. The van der Waals surface area contributed by atoms with E-state index < -0.39 is 0 Å². The molecule has 0 rings (SSSR count). The third kappa shape index (κ3) is 6.45.